The number of amides is 1. The fourth-order valence-electron chi connectivity index (χ4n) is 2.32. The van der Waals surface area contributed by atoms with Crippen LogP contribution in [0.1, 0.15) is 19.4 Å². The third kappa shape index (κ3) is 4.08. The standard InChI is InChI=1S/C15H14ClF4N3O3S/c1-3-22(4-2)14(24)23-8-11(17)13(21-23)27(25,26)12-6-5-9(16)7-10(12)15(18,19)20/h5-8H,3-4H2,1-2H3. The van der Waals surface area contributed by atoms with E-state index in [1.54, 1.807) is 13.8 Å². The highest BCUT2D eigenvalue weighted by Gasteiger charge is 2.40. The van der Waals surface area contributed by atoms with Gasteiger partial charge in [-0.3, -0.25) is 0 Å². The Kier molecular flexibility index (Phi) is 5.85. The van der Waals surface area contributed by atoms with E-state index >= 15 is 0 Å². The molecule has 148 valence electrons. The molecule has 0 radical (unpaired) electrons. The van der Waals surface area contributed by atoms with Gasteiger partial charge in [-0.2, -0.15) is 17.9 Å². The van der Waals surface area contributed by atoms with Crippen LogP contribution in [0.25, 0.3) is 0 Å². The third-order valence-corrected chi connectivity index (χ3v) is 5.62. The number of nitrogens with zero attached hydrogens (tertiary/aromatic N) is 3. The van der Waals surface area contributed by atoms with Gasteiger partial charge in [-0.25, -0.2) is 17.6 Å². The Hall–Kier alpha value is -2.14. The first kappa shape index (κ1) is 21.2. The summed E-state index contributed by atoms with van der Waals surface area (Å²) in [6.45, 7) is 3.77. The summed E-state index contributed by atoms with van der Waals surface area (Å²) in [4.78, 5) is 12.2. The Labute approximate surface area is 157 Å². The predicted molar refractivity (Wildman–Crippen MR) is 87.8 cm³/mol. The molecule has 2 rings (SSSR count). The summed E-state index contributed by atoms with van der Waals surface area (Å²) in [6, 6.07) is 1.15. The molecule has 0 spiro atoms. The van der Waals surface area contributed by atoms with Crippen LogP contribution in [0.2, 0.25) is 5.02 Å². The lowest BCUT2D eigenvalue weighted by Crippen LogP contribution is -2.34. The van der Waals surface area contributed by atoms with Gasteiger partial charge in [0.05, 0.1) is 16.7 Å². The molecular formula is C15H14ClF4N3O3S. The molecule has 12 heteroatoms. The van der Waals surface area contributed by atoms with Gasteiger partial charge >= 0.3 is 12.2 Å². The van der Waals surface area contributed by atoms with Crippen molar-refractivity contribution in [2.75, 3.05) is 13.1 Å². The number of hydrogen-bond donors (Lipinski definition) is 0. The van der Waals surface area contributed by atoms with Crippen LogP contribution in [0.4, 0.5) is 22.4 Å². The number of carbonyl (C=O) groups is 1. The molecule has 0 aliphatic carbocycles. The van der Waals surface area contributed by atoms with Gasteiger partial charge < -0.3 is 4.90 Å². The number of halogens is 5. The third-order valence-electron chi connectivity index (χ3n) is 3.66. The minimum atomic E-state index is -5.05. The number of benzene rings is 1. The lowest BCUT2D eigenvalue weighted by Gasteiger charge is -2.17. The van der Waals surface area contributed by atoms with Crippen LogP contribution in [0, 0.1) is 5.82 Å². The maximum atomic E-state index is 14.2. The second-order valence-corrected chi connectivity index (χ2v) is 7.59. The summed E-state index contributed by atoms with van der Waals surface area (Å²) in [7, 11) is -5.01. The second-order valence-electron chi connectivity index (χ2n) is 5.32. The Morgan fingerprint density at radius 1 is 1.26 bits per heavy atom. The molecule has 1 aromatic heterocycles. The van der Waals surface area contributed by atoms with Crippen LogP contribution >= 0.6 is 11.6 Å². The van der Waals surface area contributed by atoms with Crippen LogP contribution in [-0.2, 0) is 16.0 Å². The minimum Gasteiger partial charge on any atom is -0.323 e. The van der Waals surface area contributed by atoms with Crippen LogP contribution in [-0.4, -0.2) is 42.2 Å². The monoisotopic (exact) mass is 427 g/mol. The van der Waals surface area contributed by atoms with Gasteiger partial charge in [0.2, 0.25) is 14.9 Å². The molecule has 0 aliphatic rings. The molecule has 1 aromatic carbocycles. The molecule has 0 saturated heterocycles. The molecule has 0 aliphatic heterocycles. The van der Waals surface area contributed by atoms with Crippen molar-refractivity contribution in [2.45, 2.75) is 29.9 Å². The Bertz CT molecular complexity index is 969. The van der Waals surface area contributed by atoms with E-state index in [0.29, 0.717) is 23.0 Å². The highest BCUT2D eigenvalue weighted by Crippen LogP contribution is 2.38. The maximum Gasteiger partial charge on any atom is 0.417 e. The van der Waals surface area contributed by atoms with E-state index in [-0.39, 0.29) is 18.1 Å². The molecule has 0 N–H and O–H groups in total. The summed E-state index contributed by atoms with van der Waals surface area (Å²) >= 11 is 5.52. The molecule has 0 bridgehead atoms. The molecule has 2 aromatic rings. The normalized spacial score (nSPS) is 12.3. The zero-order chi connectivity index (χ0) is 20.6. The summed E-state index contributed by atoms with van der Waals surface area (Å²) in [5.41, 5.74) is -1.56. The molecule has 0 atom stereocenters. The van der Waals surface area contributed by atoms with Crippen molar-refractivity contribution in [3.05, 3.63) is 40.8 Å². The molecular weight excluding hydrogens is 414 g/mol. The van der Waals surface area contributed by atoms with Crippen molar-refractivity contribution in [3.8, 4) is 0 Å². The predicted octanol–water partition coefficient (Wildman–Crippen LogP) is 3.84. The Morgan fingerprint density at radius 2 is 1.85 bits per heavy atom. The first-order valence-corrected chi connectivity index (χ1v) is 9.45. The highest BCUT2D eigenvalue weighted by molar-refractivity contribution is 7.91. The van der Waals surface area contributed by atoms with Gasteiger partial charge in [0.25, 0.3) is 0 Å². The first-order chi connectivity index (χ1) is 12.4. The van der Waals surface area contributed by atoms with E-state index in [2.05, 4.69) is 5.10 Å². The van der Waals surface area contributed by atoms with Crippen molar-refractivity contribution >= 4 is 27.5 Å². The van der Waals surface area contributed by atoms with E-state index in [9.17, 15) is 30.8 Å². The smallest absolute Gasteiger partial charge is 0.323 e. The molecule has 27 heavy (non-hydrogen) atoms. The second kappa shape index (κ2) is 7.47. The van der Waals surface area contributed by atoms with Gasteiger partial charge in [0.15, 0.2) is 5.82 Å². The summed E-state index contributed by atoms with van der Waals surface area (Å²) in [6.07, 6.45) is -4.54. The molecule has 1 amide bonds. The Balaban J connectivity index is 2.62. The SMILES string of the molecule is CCN(CC)C(=O)n1cc(F)c(S(=O)(=O)c2ccc(Cl)cc2C(F)(F)F)n1. The zero-order valence-electron chi connectivity index (χ0n) is 14.1. The molecule has 1 heterocycles. The van der Waals surface area contributed by atoms with Gasteiger partial charge in [-0.05, 0) is 32.0 Å². The number of rotatable bonds is 4. The fraction of sp³-hybridized carbons (Fsp3) is 0.333. The van der Waals surface area contributed by atoms with Gasteiger partial charge in [-0.15, -0.1) is 5.10 Å². The first-order valence-electron chi connectivity index (χ1n) is 7.59. The average Bonchev–Trinajstić information content (AvgIpc) is 2.97. The summed E-state index contributed by atoms with van der Waals surface area (Å²) < 4.78 is 79.4. The van der Waals surface area contributed by atoms with Crippen molar-refractivity contribution < 1.29 is 30.8 Å². The van der Waals surface area contributed by atoms with E-state index in [1.165, 1.54) is 4.90 Å². The number of alkyl halides is 3. The quantitative estimate of drug-likeness (QED) is 0.695. The lowest BCUT2D eigenvalue weighted by atomic mass is 10.2. The average molecular weight is 428 g/mol. The lowest BCUT2D eigenvalue weighted by molar-refractivity contribution is -0.139. The van der Waals surface area contributed by atoms with Crippen molar-refractivity contribution in [1.29, 1.82) is 0 Å². The van der Waals surface area contributed by atoms with E-state index in [4.69, 9.17) is 11.6 Å². The van der Waals surface area contributed by atoms with Crippen molar-refractivity contribution in [1.82, 2.24) is 14.7 Å². The van der Waals surface area contributed by atoms with E-state index < -0.39 is 43.3 Å². The van der Waals surface area contributed by atoms with Crippen molar-refractivity contribution in [3.63, 3.8) is 0 Å². The van der Waals surface area contributed by atoms with E-state index in [0.717, 1.165) is 6.07 Å². The number of aromatic nitrogens is 2. The fourth-order valence-corrected chi connectivity index (χ4v) is 3.92. The molecule has 0 fully saturated rings. The molecule has 6 nitrogen and oxygen atoms in total. The van der Waals surface area contributed by atoms with Crippen LogP contribution in [0.15, 0.2) is 34.3 Å². The van der Waals surface area contributed by atoms with Crippen LogP contribution in [0.3, 0.4) is 0 Å². The summed E-state index contributed by atoms with van der Waals surface area (Å²) in [5, 5.41) is 1.76. The topological polar surface area (TPSA) is 72.3 Å². The number of carbonyl (C=O) groups excluding carboxylic acids is 1. The van der Waals surface area contributed by atoms with Crippen LogP contribution in [0.5, 0.6) is 0 Å². The summed E-state index contributed by atoms with van der Waals surface area (Å²) in [5.74, 6) is -1.45. The number of sulfone groups is 1. The maximum absolute atomic E-state index is 14.2. The minimum absolute atomic E-state index is 0.244. The number of hydrogen-bond acceptors (Lipinski definition) is 4. The molecule has 0 unspecified atom stereocenters. The van der Waals surface area contributed by atoms with Gasteiger partial charge in [0.1, 0.15) is 0 Å². The largest absolute Gasteiger partial charge is 0.417 e. The van der Waals surface area contributed by atoms with Gasteiger partial charge in [-0.1, -0.05) is 11.6 Å². The van der Waals surface area contributed by atoms with Gasteiger partial charge in [0, 0.05) is 18.1 Å². The molecule has 0 saturated carbocycles. The van der Waals surface area contributed by atoms with E-state index in [1.807, 2.05) is 0 Å². The highest BCUT2D eigenvalue weighted by atomic mass is 35.5. The van der Waals surface area contributed by atoms with Crippen LogP contribution < -0.4 is 0 Å². The van der Waals surface area contributed by atoms with Crippen molar-refractivity contribution in [2.24, 2.45) is 0 Å². The Morgan fingerprint density at radius 3 is 2.37 bits per heavy atom. The zero-order valence-corrected chi connectivity index (χ0v) is 15.7.